The zero-order valence-electron chi connectivity index (χ0n) is 18.4. The van der Waals surface area contributed by atoms with Crippen molar-refractivity contribution in [1.82, 2.24) is 4.90 Å². The van der Waals surface area contributed by atoms with Crippen molar-refractivity contribution in [3.63, 3.8) is 0 Å². The van der Waals surface area contributed by atoms with Crippen LogP contribution < -0.4 is 24.0 Å². The fourth-order valence-corrected chi connectivity index (χ4v) is 4.17. The van der Waals surface area contributed by atoms with Crippen LogP contribution in [0.25, 0.3) is 0 Å². The summed E-state index contributed by atoms with van der Waals surface area (Å²) < 4.78 is 16.6. The molecule has 2 aromatic rings. The molecular weight excluding hydrogens is 394 g/mol. The Balaban J connectivity index is 1.30. The monoisotopic (exact) mass is 426 g/mol. The predicted octanol–water partition coefficient (Wildman–Crippen LogP) is 1.22. The topological polar surface area (TPSA) is 55.7 Å². The van der Waals surface area contributed by atoms with Crippen LogP contribution >= 0.6 is 0 Å². The SMILES string of the molecule is CCN(Cc1ccc2c(c1)OCCO2)C(=O)C[NH+]1CCN(c2cccc(OC)c2)CC1. The van der Waals surface area contributed by atoms with Crippen LogP contribution in [0.1, 0.15) is 12.5 Å². The normalized spacial score (nSPS) is 16.1. The zero-order chi connectivity index (χ0) is 21.6. The first-order valence-electron chi connectivity index (χ1n) is 11.0. The second kappa shape index (κ2) is 9.92. The average molecular weight is 427 g/mol. The number of rotatable bonds is 7. The number of anilines is 1. The minimum Gasteiger partial charge on any atom is -0.497 e. The number of methoxy groups -OCH3 is 1. The highest BCUT2D eigenvalue weighted by atomic mass is 16.6. The molecule has 1 fully saturated rings. The molecule has 0 aliphatic carbocycles. The van der Waals surface area contributed by atoms with E-state index in [1.807, 2.05) is 42.2 Å². The molecule has 0 unspecified atom stereocenters. The highest BCUT2D eigenvalue weighted by Gasteiger charge is 2.25. The van der Waals surface area contributed by atoms with Gasteiger partial charge >= 0.3 is 0 Å². The Morgan fingerprint density at radius 2 is 1.87 bits per heavy atom. The van der Waals surface area contributed by atoms with Gasteiger partial charge in [-0.2, -0.15) is 0 Å². The van der Waals surface area contributed by atoms with E-state index in [0.29, 0.717) is 32.8 Å². The van der Waals surface area contributed by atoms with Gasteiger partial charge in [0.25, 0.3) is 5.91 Å². The van der Waals surface area contributed by atoms with Crippen molar-refractivity contribution in [2.75, 3.05) is 64.5 Å². The maximum absolute atomic E-state index is 13.0. The number of carbonyl (C=O) groups excluding carboxylic acids is 1. The average Bonchev–Trinajstić information content (AvgIpc) is 2.83. The van der Waals surface area contributed by atoms with E-state index in [4.69, 9.17) is 14.2 Å². The molecular formula is C24H32N3O4+. The van der Waals surface area contributed by atoms with Crippen molar-refractivity contribution in [3.8, 4) is 17.2 Å². The standard InChI is InChI=1S/C24H31N3O4/c1-3-26(17-19-7-8-22-23(15-19)31-14-13-30-22)24(28)18-25-9-11-27(12-10-25)20-5-4-6-21(16-20)29-2/h4-8,15-16H,3,9-14,17-18H2,1-2H3/p+1. The van der Waals surface area contributed by atoms with Crippen LogP contribution in [-0.2, 0) is 11.3 Å². The molecule has 2 aliphatic heterocycles. The Labute approximate surface area is 184 Å². The fraction of sp³-hybridized carbons (Fsp3) is 0.458. The molecule has 0 bridgehead atoms. The van der Waals surface area contributed by atoms with Crippen molar-refractivity contribution >= 4 is 11.6 Å². The Bertz CT molecular complexity index is 896. The molecule has 0 saturated carbocycles. The number of hydrogen-bond donors (Lipinski definition) is 1. The van der Waals surface area contributed by atoms with Crippen LogP contribution in [0, 0.1) is 0 Å². The van der Waals surface area contributed by atoms with Crippen molar-refractivity contribution in [2.45, 2.75) is 13.5 Å². The lowest BCUT2D eigenvalue weighted by molar-refractivity contribution is -0.892. The molecule has 7 heteroatoms. The number of quaternary nitrogens is 1. The van der Waals surface area contributed by atoms with Crippen LogP contribution in [-0.4, -0.2) is 70.4 Å². The van der Waals surface area contributed by atoms with Crippen molar-refractivity contribution in [3.05, 3.63) is 48.0 Å². The third-order valence-electron chi connectivity index (χ3n) is 6.00. The fourth-order valence-electron chi connectivity index (χ4n) is 4.17. The van der Waals surface area contributed by atoms with Crippen LogP contribution in [0.4, 0.5) is 5.69 Å². The molecule has 31 heavy (non-hydrogen) atoms. The minimum atomic E-state index is 0.196. The van der Waals surface area contributed by atoms with Gasteiger partial charge in [0.15, 0.2) is 18.0 Å². The summed E-state index contributed by atoms with van der Waals surface area (Å²) in [5.74, 6) is 2.62. The summed E-state index contributed by atoms with van der Waals surface area (Å²) in [6.07, 6.45) is 0. The molecule has 0 aromatic heterocycles. The first kappa shape index (κ1) is 21.3. The number of fused-ring (bicyclic) bond motifs is 1. The number of nitrogens with zero attached hydrogens (tertiary/aromatic N) is 2. The summed E-state index contributed by atoms with van der Waals surface area (Å²) >= 11 is 0. The molecule has 0 atom stereocenters. The summed E-state index contributed by atoms with van der Waals surface area (Å²) in [4.78, 5) is 18.6. The third-order valence-corrected chi connectivity index (χ3v) is 6.00. The van der Waals surface area contributed by atoms with E-state index in [9.17, 15) is 4.79 Å². The van der Waals surface area contributed by atoms with E-state index in [0.717, 1.165) is 49.0 Å². The second-order valence-electron chi connectivity index (χ2n) is 8.00. The highest BCUT2D eigenvalue weighted by molar-refractivity contribution is 5.77. The highest BCUT2D eigenvalue weighted by Crippen LogP contribution is 2.31. The third kappa shape index (κ3) is 5.22. The van der Waals surface area contributed by atoms with E-state index in [1.165, 1.54) is 10.6 Å². The summed E-state index contributed by atoms with van der Waals surface area (Å²) in [5, 5.41) is 0. The molecule has 2 aromatic carbocycles. The lowest BCUT2D eigenvalue weighted by Gasteiger charge is -2.34. The molecule has 1 N–H and O–H groups in total. The van der Waals surface area contributed by atoms with Crippen LogP contribution in [0.2, 0.25) is 0 Å². The number of carbonyl (C=O) groups is 1. The van der Waals surface area contributed by atoms with Gasteiger partial charge in [0, 0.05) is 24.8 Å². The van der Waals surface area contributed by atoms with Crippen LogP contribution in [0.15, 0.2) is 42.5 Å². The number of benzene rings is 2. The molecule has 1 saturated heterocycles. The van der Waals surface area contributed by atoms with Gasteiger partial charge in [-0.05, 0) is 36.8 Å². The maximum atomic E-state index is 13.0. The van der Waals surface area contributed by atoms with E-state index < -0.39 is 0 Å². The Morgan fingerprint density at radius 1 is 1.10 bits per heavy atom. The van der Waals surface area contributed by atoms with Gasteiger partial charge in [0.05, 0.1) is 33.3 Å². The number of nitrogens with one attached hydrogen (secondary N) is 1. The van der Waals surface area contributed by atoms with Gasteiger partial charge < -0.3 is 28.9 Å². The molecule has 2 heterocycles. The quantitative estimate of drug-likeness (QED) is 0.722. The van der Waals surface area contributed by atoms with Crippen molar-refractivity contribution in [2.24, 2.45) is 0 Å². The molecule has 1 amide bonds. The number of ether oxygens (including phenoxy) is 3. The summed E-state index contributed by atoms with van der Waals surface area (Å²) in [6.45, 7) is 8.77. The summed E-state index contributed by atoms with van der Waals surface area (Å²) in [6, 6.07) is 14.1. The smallest absolute Gasteiger partial charge is 0.278 e. The first-order chi connectivity index (χ1) is 15.2. The lowest BCUT2D eigenvalue weighted by atomic mass is 10.1. The summed E-state index contributed by atoms with van der Waals surface area (Å²) in [7, 11) is 1.69. The van der Waals surface area contributed by atoms with Gasteiger partial charge in [-0.25, -0.2) is 0 Å². The van der Waals surface area contributed by atoms with Crippen LogP contribution in [0.3, 0.4) is 0 Å². The lowest BCUT2D eigenvalue weighted by Crippen LogP contribution is -3.15. The number of piperazine rings is 1. The second-order valence-corrected chi connectivity index (χ2v) is 8.00. The Kier molecular flexibility index (Phi) is 6.82. The van der Waals surface area contributed by atoms with E-state index in [2.05, 4.69) is 17.0 Å². The minimum absolute atomic E-state index is 0.196. The largest absolute Gasteiger partial charge is 0.497 e. The maximum Gasteiger partial charge on any atom is 0.278 e. The Hall–Kier alpha value is -2.93. The van der Waals surface area contributed by atoms with Crippen molar-refractivity contribution in [1.29, 1.82) is 0 Å². The van der Waals surface area contributed by atoms with E-state index >= 15 is 0 Å². The number of likely N-dealkylation sites (N-methyl/N-ethyl adjacent to an activating group) is 1. The van der Waals surface area contributed by atoms with Gasteiger partial charge in [-0.15, -0.1) is 0 Å². The van der Waals surface area contributed by atoms with Gasteiger partial charge in [-0.1, -0.05) is 12.1 Å². The molecule has 2 aliphatic rings. The van der Waals surface area contributed by atoms with E-state index in [1.54, 1.807) is 7.11 Å². The molecule has 7 nitrogen and oxygen atoms in total. The zero-order valence-corrected chi connectivity index (χ0v) is 18.4. The van der Waals surface area contributed by atoms with Gasteiger partial charge in [-0.3, -0.25) is 4.79 Å². The van der Waals surface area contributed by atoms with Crippen LogP contribution in [0.5, 0.6) is 17.2 Å². The van der Waals surface area contributed by atoms with Gasteiger partial charge in [0.2, 0.25) is 0 Å². The first-order valence-corrected chi connectivity index (χ1v) is 11.0. The molecule has 0 radical (unpaired) electrons. The number of hydrogen-bond acceptors (Lipinski definition) is 5. The Morgan fingerprint density at radius 3 is 2.61 bits per heavy atom. The number of amides is 1. The van der Waals surface area contributed by atoms with Gasteiger partial charge in [0.1, 0.15) is 19.0 Å². The molecule has 4 rings (SSSR count). The summed E-state index contributed by atoms with van der Waals surface area (Å²) in [5.41, 5.74) is 2.25. The van der Waals surface area contributed by atoms with E-state index in [-0.39, 0.29) is 5.91 Å². The predicted molar refractivity (Wildman–Crippen MR) is 119 cm³/mol. The van der Waals surface area contributed by atoms with Crippen molar-refractivity contribution < 1.29 is 23.9 Å². The molecule has 166 valence electrons. The molecule has 0 spiro atoms.